The summed E-state index contributed by atoms with van der Waals surface area (Å²) in [6.07, 6.45) is 0. The molecule has 1 saturated heterocycles. The van der Waals surface area contributed by atoms with Gasteiger partial charge >= 0.3 is 272 Å². The Hall–Kier alpha value is -2.71. The van der Waals surface area contributed by atoms with Gasteiger partial charge in [-0.25, -0.2) is 0 Å². The van der Waals surface area contributed by atoms with Crippen molar-refractivity contribution in [3.05, 3.63) is 142 Å². The predicted octanol–water partition coefficient (Wildman–Crippen LogP) is 6.86. The summed E-state index contributed by atoms with van der Waals surface area (Å²) in [4.78, 5) is 0.352. The first-order valence-corrected chi connectivity index (χ1v) is 25.8. The molecule has 0 spiro atoms. The maximum absolute atomic E-state index is 14.2. The molecule has 4 aromatic rings. The number of hydrogen-bond acceptors (Lipinski definition) is 2. The normalized spacial score (nSPS) is 17.6. The summed E-state index contributed by atoms with van der Waals surface area (Å²) in [6, 6.07) is 40.0. The van der Waals surface area contributed by atoms with Crippen LogP contribution in [0.25, 0.3) is 0 Å². The number of nitrogens with zero attached hydrogens (tertiary/aromatic N) is 1. The molecule has 3 nitrogen and oxygen atoms in total. The Morgan fingerprint density at radius 2 is 1.23 bits per heavy atom. The van der Waals surface area contributed by atoms with Crippen molar-refractivity contribution in [1.29, 1.82) is 0 Å². The maximum atomic E-state index is 14.2. The first-order valence-electron chi connectivity index (χ1n) is 15.4. The average molecular weight is 727 g/mol. The second-order valence-electron chi connectivity index (χ2n) is 13.7. The summed E-state index contributed by atoms with van der Waals surface area (Å²) >= 11 is -3.86. The molecule has 0 aromatic heterocycles. The Kier molecular flexibility index (Phi) is 9.35. The molecule has 1 fully saturated rings. The van der Waals surface area contributed by atoms with Crippen molar-refractivity contribution < 1.29 is 8.42 Å². The molecule has 0 N–H and O–H groups in total. The Morgan fingerprint density at radius 3 is 1.64 bits per heavy atom. The Balaban J connectivity index is 1.77. The van der Waals surface area contributed by atoms with Gasteiger partial charge in [-0.3, -0.25) is 0 Å². The van der Waals surface area contributed by atoms with Crippen molar-refractivity contribution in [1.82, 2.24) is 4.31 Å². The standard InChI is InChI=1S/C20H30NO2SSi.3C6H5.Sn/c1-15-9-11-18(12-10-15)24(22,23)21-13-16(2)19(14-21)17(3)25(7,8)20(4,5)6;3*1-2-4-6-5-3-1;/h2,9-12,19H,3,13-14H2,1,4-8H3;3*1-5H;. The van der Waals surface area contributed by atoms with Crippen molar-refractivity contribution in [2.75, 3.05) is 13.1 Å². The van der Waals surface area contributed by atoms with Crippen LogP contribution >= 0.6 is 0 Å². The third-order valence-corrected chi connectivity index (χ3v) is 30.5. The Bertz CT molecular complexity index is 1650. The van der Waals surface area contributed by atoms with Gasteiger partial charge in [0.1, 0.15) is 0 Å². The first kappa shape index (κ1) is 32.7. The van der Waals surface area contributed by atoms with E-state index in [2.05, 4.69) is 129 Å². The van der Waals surface area contributed by atoms with Crippen LogP contribution in [0.15, 0.2) is 142 Å². The van der Waals surface area contributed by atoms with E-state index in [1.807, 2.05) is 19.1 Å². The fraction of sp³-hybridized carbons (Fsp3) is 0.263. The monoisotopic (exact) mass is 727 g/mol. The third kappa shape index (κ3) is 6.08. The van der Waals surface area contributed by atoms with Gasteiger partial charge in [0, 0.05) is 0 Å². The van der Waals surface area contributed by atoms with Crippen LogP contribution in [0.1, 0.15) is 26.3 Å². The summed E-state index contributed by atoms with van der Waals surface area (Å²) in [5.74, 6) is -0.0386. The Labute approximate surface area is 270 Å². The van der Waals surface area contributed by atoms with E-state index in [0.717, 1.165) is 5.56 Å². The number of hydrogen-bond donors (Lipinski definition) is 0. The van der Waals surface area contributed by atoms with Crippen molar-refractivity contribution in [3.63, 3.8) is 0 Å². The molecule has 1 heterocycles. The van der Waals surface area contributed by atoms with Crippen molar-refractivity contribution in [2.24, 2.45) is 5.92 Å². The molecule has 0 saturated carbocycles. The minimum absolute atomic E-state index is 0.0386. The molecular weight excluding hydrogens is 681 g/mol. The van der Waals surface area contributed by atoms with Gasteiger partial charge in [-0.15, -0.1) is 0 Å². The molecular formula is C38H45NO2SSiSn. The molecule has 1 atom stereocenters. The molecule has 0 bridgehead atoms. The van der Waals surface area contributed by atoms with E-state index in [1.165, 1.54) is 21.5 Å². The zero-order valence-corrected chi connectivity index (χ0v) is 31.6. The van der Waals surface area contributed by atoms with E-state index in [0.29, 0.717) is 18.0 Å². The summed E-state index contributed by atoms with van der Waals surface area (Å²) in [5, 5.41) is 1.31. The molecule has 228 valence electrons. The first-order chi connectivity index (χ1) is 20.8. The topological polar surface area (TPSA) is 37.4 Å². The van der Waals surface area contributed by atoms with Crippen LogP contribution in [0.4, 0.5) is 0 Å². The van der Waals surface area contributed by atoms with Gasteiger partial charge < -0.3 is 0 Å². The average Bonchev–Trinajstić information content (AvgIpc) is 3.45. The van der Waals surface area contributed by atoms with Crippen LogP contribution in [-0.2, 0) is 10.0 Å². The molecule has 0 amide bonds. The van der Waals surface area contributed by atoms with Crippen molar-refractivity contribution in [2.45, 2.75) is 50.7 Å². The van der Waals surface area contributed by atoms with Gasteiger partial charge in [-0.2, -0.15) is 0 Å². The number of benzene rings is 4. The number of aryl methyl sites for hydroxylation is 1. The van der Waals surface area contributed by atoms with E-state index >= 15 is 0 Å². The van der Waals surface area contributed by atoms with Gasteiger partial charge in [0.25, 0.3) is 0 Å². The quantitative estimate of drug-likeness (QED) is 0.186. The SMILES string of the molecule is C=C(C1CN(S(=O)(=O)c2ccc(C)cc2)C/C1=[CH]\[Sn]([c]1ccccc1)([c]1ccccc1)[c]1ccccc1)[Si](C)(C)C(C)(C)C. The van der Waals surface area contributed by atoms with Gasteiger partial charge in [0.2, 0.25) is 0 Å². The van der Waals surface area contributed by atoms with Crippen molar-refractivity contribution >= 4 is 47.2 Å². The molecule has 0 radical (unpaired) electrons. The van der Waals surface area contributed by atoms with Crippen LogP contribution in [-0.4, -0.2) is 52.3 Å². The summed E-state index contributed by atoms with van der Waals surface area (Å²) in [5.41, 5.74) is 2.24. The van der Waals surface area contributed by atoms with Gasteiger partial charge in [0.05, 0.1) is 0 Å². The van der Waals surface area contributed by atoms with Crippen LogP contribution in [0, 0.1) is 12.8 Å². The van der Waals surface area contributed by atoms with Crippen LogP contribution < -0.4 is 10.7 Å². The predicted molar refractivity (Wildman–Crippen MR) is 192 cm³/mol. The van der Waals surface area contributed by atoms with E-state index in [9.17, 15) is 8.42 Å². The number of sulfonamides is 1. The fourth-order valence-electron chi connectivity index (χ4n) is 6.27. The second kappa shape index (κ2) is 12.6. The van der Waals surface area contributed by atoms with Crippen molar-refractivity contribution in [3.8, 4) is 0 Å². The fourth-order valence-corrected chi connectivity index (χ4v) is 22.7. The number of rotatable bonds is 8. The van der Waals surface area contributed by atoms with E-state index in [4.69, 9.17) is 6.58 Å². The molecule has 1 aliphatic heterocycles. The summed E-state index contributed by atoms with van der Waals surface area (Å²) in [7, 11) is -5.73. The van der Waals surface area contributed by atoms with Crippen LogP contribution in [0.3, 0.4) is 0 Å². The minimum atomic E-state index is -3.86. The molecule has 1 unspecified atom stereocenters. The molecule has 6 heteroatoms. The molecule has 4 aromatic carbocycles. The molecule has 5 rings (SSSR count). The van der Waals surface area contributed by atoms with E-state index in [-0.39, 0.29) is 11.0 Å². The van der Waals surface area contributed by atoms with Crippen LogP contribution in [0.5, 0.6) is 0 Å². The second-order valence-corrected chi connectivity index (χ2v) is 31.4. The third-order valence-electron chi connectivity index (χ3n) is 10.0. The molecule has 0 aliphatic carbocycles. The molecule has 44 heavy (non-hydrogen) atoms. The summed E-state index contributed by atoms with van der Waals surface area (Å²) < 4.78 is 36.7. The zero-order chi connectivity index (χ0) is 31.8. The molecule has 1 aliphatic rings. The van der Waals surface area contributed by atoms with E-state index in [1.54, 1.807) is 16.4 Å². The zero-order valence-electron chi connectivity index (χ0n) is 26.9. The van der Waals surface area contributed by atoms with E-state index < -0.39 is 36.5 Å². The summed E-state index contributed by atoms with van der Waals surface area (Å²) in [6.45, 7) is 19.3. The van der Waals surface area contributed by atoms with Gasteiger partial charge in [0.15, 0.2) is 0 Å². The van der Waals surface area contributed by atoms with Gasteiger partial charge in [-0.1, -0.05) is 0 Å². The van der Waals surface area contributed by atoms with Crippen LogP contribution in [0.2, 0.25) is 18.1 Å². The Morgan fingerprint density at radius 1 is 0.795 bits per heavy atom. The van der Waals surface area contributed by atoms with Gasteiger partial charge in [-0.05, 0) is 0 Å².